The van der Waals surface area contributed by atoms with Gasteiger partial charge in [-0.05, 0) is 42.3 Å². The molecule has 0 atom stereocenters. The van der Waals surface area contributed by atoms with Crippen LogP contribution in [0.3, 0.4) is 0 Å². The first-order valence-electron chi connectivity index (χ1n) is 7.42. The third kappa shape index (κ3) is 4.92. The molecule has 0 bridgehead atoms. The molecule has 23 heavy (non-hydrogen) atoms. The number of carbonyl (C=O) groups excluding carboxylic acids is 2. The lowest BCUT2D eigenvalue weighted by atomic mass is 10.1. The number of hydrogen-bond donors (Lipinski definition) is 2. The van der Waals surface area contributed by atoms with E-state index in [0.717, 1.165) is 5.56 Å². The molecule has 4 nitrogen and oxygen atoms in total. The van der Waals surface area contributed by atoms with E-state index >= 15 is 0 Å². The van der Waals surface area contributed by atoms with Crippen LogP contribution in [0.4, 0.5) is 15.8 Å². The second-order valence-electron chi connectivity index (χ2n) is 5.29. The summed E-state index contributed by atoms with van der Waals surface area (Å²) in [5.74, 6) is -0.695. The van der Waals surface area contributed by atoms with Crippen LogP contribution in [0, 0.1) is 12.7 Å². The molecular formula is C18H19FN2O2. The Morgan fingerprint density at radius 3 is 2.52 bits per heavy atom. The molecule has 0 aromatic heterocycles. The topological polar surface area (TPSA) is 58.2 Å². The van der Waals surface area contributed by atoms with Crippen molar-refractivity contribution in [1.29, 1.82) is 0 Å². The van der Waals surface area contributed by atoms with Crippen LogP contribution in [0.25, 0.3) is 0 Å². The van der Waals surface area contributed by atoms with Crippen molar-refractivity contribution in [3.63, 3.8) is 0 Å². The fourth-order valence-electron chi connectivity index (χ4n) is 2.11. The van der Waals surface area contributed by atoms with Crippen molar-refractivity contribution in [2.24, 2.45) is 0 Å². The summed E-state index contributed by atoms with van der Waals surface area (Å²) >= 11 is 0. The first-order chi connectivity index (χ1) is 11.0. The molecule has 0 aliphatic heterocycles. The number of halogens is 1. The van der Waals surface area contributed by atoms with Gasteiger partial charge in [-0.1, -0.05) is 25.1 Å². The van der Waals surface area contributed by atoms with Crippen molar-refractivity contribution in [2.75, 3.05) is 10.6 Å². The van der Waals surface area contributed by atoms with E-state index in [1.54, 1.807) is 31.2 Å². The fraction of sp³-hybridized carbons (Fsp3) is 0.222. The van der Waals surface area contributed by atoms with Gasteiger partial charge in [-0.25, -0.2) is 4.39 Å². The summed E-state index contributed by atoms with van der Waals surface area (Å²) < 4.78 is 13.1. The van der Waals surface area contributed by atoms with Crippen LogP contribution in [-0.4, -0.2) is 11.8 Å². The van der Waals surface area contributed by atoms with Gasteiger partial charge in [0.25, 0.3) is 0 Å². The lowest BCUT2D eigenvalue weighted by Crippen LogP contribution is -2.16. The number of amides is 2. The highest BCUT2D eigenvalue weighted by atomic mass is 19.1. The van der Waals surface area contributed by atoms with Gasteiger partial charge >= 0.3 is 0 Å². The highest BCUT2D eigenvalue weighted by Crippen LogP contribution is 2.21. The molecular weight excluding hydrogens is 295 g/mol. The quantitative estimate of drug-likeness (QED) is 0.885. The zero-order valence-corrected chi connectivity index (χ0v) is 13.2. The lowest BCUT2D eigenvalue weighted by Gasteiger charge is -2.11. The number of nitrogens with one attached hydrogen (secondary N) is 2. The van der Waals surface area contributed by atoms with Crippen LogP contribution in [0.1, 0.15) is 24.5 Å². The summed E-state index contributed by atoms with van der Waals surface area (Å²) in [6.07, 6.45) is 0.470. The van der Waals surface area contributed by atoms with Gasteiger partial charge in [0.05, 0.1) is 6.42 Å². The Balaban J connectivity index is 2.07. The highest BCUT2D eigenvalue weighted by Gasteiger charge is 2.08. The minimum Gasteiger partial charge on any atom is -0.326 e. The van der Waals surface area contributed by atoms with E-state index in [4.69, 9.17) is 0 Å². The van der Waals surface area contributed by atoms with Gasteiger partial charge < -0.3 is 10.6 Å². The fourth-order valence-corrected chi connectivity index (χ4v) is 2.11. The average molecular weight is 314 g/mol. The number of aryl methyl sites for hydroxylation is 1. The summed E-state index contributed by atoms with van der Waals surface area (Å²) in [4.78, 5) is 23.6. The van der Waals surface area contributed by atoms with Gasteiger partial charge in [0.15, 0.2) is 0 Å². The van der Waals surface area contributed by atoms with Crippen LogP contribution >= 0.6 is 0 Å². The lowest BCUT2D eigenvalue weighted by molar-refractivity contribution is -0.116. The smallest absolute Gasteiger partial charge is 0.228 e. The molecule has 2 rings (SSSR count). The standard InChI is InChI=1S/C18H19FN2O2/c1-3-17(22)20-15-8-7-12(2)16(11-15)21-18(23)10-13-5-4-6-14(19)9-13/h4-9,11H,3,10H2,1-2H3,(H,20,22)(H,21,23). The van der Waals surface area contributed by atoms with Gasteiger partial charge in [0.2, 0.25) is 11.8 Å². The number of anilines is 2. The zero-order chi connectivity index (χ0) is 16.8. The molecule has 2 N–H and O–H groups in total. The van der Waals surface area contributed by atoms with Gasteiger partial charge in [-0.15, -0.1) is 0 Å². The monoisotopic (exact) mass is 314 g/mol. The number of hydrogen-bond acceptors (Lipinski definition) is 2. The van der Waals surface area contributed by atoms with E-state index in [9.17, 15) is 14.0 Å². The average Bonchev–Trinajstić information content (AvgIpc) is 2.50. The number of rotatable bonds is 5. The Hall–Kier alpha value is -2.69. The van der Waals surface area contributed by atoms with E-state index in [0.29, 0.717) is 23.4 Å². The molecule has 0 radical (unpaired) electrons. The predicted molar refractivity (Wildman–Crippen MR) is 88.8 cm³/mol. The molecule has 2 amide bonds. The molecule has 0 saturated carbocycles. The van der Waals surface area contributed by atoms with Gasteiger partial charge in [-0.3, -0.25) is 9.59 Å². The van der Waals surface area contributed by atoms with Gasteiger partial charge in [0.1, 0.15) is 5.82 Å². The summed E-state index contributed by atoms with van der Waals surface area (Å²) in [7, 11) is 0. The molecule has 0 unspecified atom stereocenters. The molecule has 5 heteroatoms. The molecule has 0 aliphatic carbocycles. The SMILES string of the molecule is CCC(=O)Nc1ccc(C)c(NC(=O)Cc2cccc(F)c2)c1. The number of benzene rings is 2. The van der Waals surface area contributed by atoms with Crippen LogP contribution in [0.2, 0.25) is 0 Å². The Kier molecular flexibility index (Phi) is 5.46. The molecule has 0 heterocycles. The third-order valence-electron chi connectivity index (χ3n) is 3.37. The summed E-state index contributed by atoms with van der Waals surface area (Å²) in [5.41, 5.74) is 2.74. The van der Waals surface area contributed by atoms with Crippen LogP contribution in [0.15, 0.2) is 42.5 Å². The van der Waals surface area contributed by atoms with Crippen LogP contribution < -0.4 is 10.6 Å². The van der Waals surface area contributed by atoms with E-state index in [2.05, 4.69) is 10.6 Å². The van der Waals surface area contributed by atoms with Crippen molar-refractivity contribution in [3.05, 3.63) is 59.4 Å². The van der Waals surface area contributed by atoms with E-state index < -0.39 is 0 Å². The van der Waals surface area contributed by atoms with Gasteiger partial charge in [-0.2, -0.15) is 0 Å². The summed E-state index contributed by atoms with van der Waals surface area (Å²) in [6.45, 7) is 3.63. The largest absolute Gasteiger partial charge is 0.326 e. The highest BCUT2D eigenvalue weighted by molar-refractivity contribution is 5.95. The molecule has 2 aromatic carbocycles. The first kappa shape index (κ1) is 16.7. The minimum atomic E-state index is -0.365. The first-order valence-corrected chi connectivity index (χ1v) is 7.42. The zero-order valence-electron chi connectivity index (χ0n) is 13.2. The second-order valence-corrected chi connectivity index (χ2v) is 5.29. The Labute approximate surface area is 134 Å². The summed E-state index contributed by atoms with van der Waals surface area (Å²) in [6, 6.07) is 11.3. The predicted octanol–water partition coefficient (Wildman–Crippen LogP) is 3.66. The Bertz CT molecular complexity index is 729. The number of carbonyl (C=O) groups is 2. The molecule has 0 saturated heterocycles. The minimum absolute atomic E-state index is 0.0861. The Morgan fingerprint density at radius 1 is 1.04 bits per heavy atom. The Morgan fingerprint density at radius 2 is 1.83 bits per heavy atom. The molecule has 0 fully saturated rings. The van der Waals surface area contributed by atoms with Gasteiger partial charge in [0, 0.05) is 17.8 Å². The van der Waals surface area contributed by atoms with E-state index in [1.807, 2.05) is 13.0 Å². The van der Waals surface area contributed by atoms with Crippen LogP contribution in [-0.2, 0) is 16.0 Å². The molecule has 120 valence electrons. The van der Waals surface area contributed by atoms with Crippen LogP contribution in [0.5, 0.6) is 0 Å². The molecule has 0 spiro atoms. The van der Waals surface area contributed by atoms with Crippen molar-refractivity contribution in [2.45, 2.75) is 26.7 Å². The van der Waals surface area contributed by atoms with Crippen molar-refractivity contribution in [3.8, 4) is 0 Å². The maximum atomic E-state index is 13.1. The van der Waals surface area contributed by atoms with E-state index in [1.165, 1.54) is 12.1 Å². The normalized spacial score (nSPS) is 10.2. The maximum Gasteiger partial charge on any atom is 0.228 e. The van der Waals surface area contributed by atoms with Crippen molar-refractivity contribution < 1.29 is 14.0 Å². The maximum absolute atomic E-state index is 13.1. The molecule has 2 aromatic rings. The molecule has 0 aliphatic rings. The van der Waals surface area contributed by atoms with Crippen molar-refractivity contribution in [1.82, 2.24) is 0 Å². The summed E-state index contributed by atoms with van der Waals surface area (Å²) in [5, 5.41) is 5.55. The second kappa shape index (κ2) is 7.54. The van der Waals surface area contributed by atoms with Crippen molar-refractivity contribution >= 4 is 23.2 Å². The third-order valence-corrected chi connectivity index (χ3v) is 3.37. The van der Waals surface area contributed by atoms with E-state index in [-0.39, 0.29) is 24.1 Å².